The highest BCUT2D eigenvalue weighted by Gasteiger charge is 2.19. The van der Waals surface area contributed by atoms with E-state index in [0.717, 1.165) is 20.8 Å². The summed E-state index contributed by atoms with van der Waals surface area (Å²) < 4.78 is 13.5. The van der Waals surface area contributed by atoms with Crippen molar-refractivity contribution in [3.05, 3.63) is 53.2 Å². The van der Waals surface area contributed by atoms with Crippen molar-refractivity contribution >= 4 is 56.6 Å². The summed E-state index contributed by atoms with van der Waals surface area (Å²) in [5.74, 6) is 2.58. The van der Waals surface area contributed by atoms with E-state index in [9.17, 15) is 4.79 Å². The second-order valence-electron chi connectivity index (χ2n) is 6.85. The molecule has 2 aromatic heterocycles. The molecule has 1 amide bonds. The molecule has 10 heteroatoms. The van der Waals surface area contributed by atoms with E-state index < -0.39 is 0 Å². The number of thiazole rings is 1. The van der Waals surface area contributed by atoms with Gasteiger partial charge in [-0.15, -0.1) is 11.8 Å². The third-order valence-electron chi connectivity index (χ3n) is 4.56. The standard InChI is InChI=1S/C21H17ClN4O3S2/c1-12-8-19(24-20(27)6-7-30-14-4-2-13(22)3-5-14)26(25-12)21-23-15-9-16-17(29-11-28-16)10-18(15)31-21/h2-5,8-10H,6-7,11H2,1H3,(H,24,27). The summed E-state index contributed by atoms with van der Waals surface area (Å²) in [7, 11) is 0. The number of carbonyl (C=O) groups is 1. The van der Waals surface area contributed by atoms with Crippen LogP contribution in [0.1, 0.15) is 12.1 Å². The van der Waals surface area contributed by atoms with Gasteiger partial charge >= 0.3 is 0 Å². The molecule has 0 atom stereocenters. The molecule has 0 fully saturated rings. The minimum atomic E-state index is -0.0792. The fourth-order valence-corrected chi connectivity index (χ4v) is 5.05. The lowest BCUT2D eigenvalue weighted by Gasteiger charge is -2.06. The maximum absolute atomic E-state index is 12.5. The number of hydrogen-bond donors (Lipinski definition) is 1. The van der Waals surface area contributed by atoms with E-state index in [-0.39, 0.29) is 12.7 Å². The third-order valence-corrected chi connectivity index (χ3v) is 6.82. The van der Waals surface area contributed by atoms with Crippen molar-refractivity contribution in [2.24, 2.45) is 0 Å². The summed E-state index contributed by atoms with van der Waals surface area (Å²) >= 11 is 8.99. The fourth-order valence-electron chi connectivity index (χ4n) is 3.13. The first-order chi connectivity index (χ1) is 15.0. The summed E-state index contributed by atoms with van der Waals surface area (Å²) in [4.78, 5) is 18.3. The van der Waals surface area contributed by atoms with Crippen LogP contribution in [0.2, 0.25) is 5.02 Å². The number of anilines is 1. The van der Waals surface area contributed by atoms with Crippen LogP contribution in [0, 0.1) is 6.92 Å². The zero-order valence-electron chi connectivity index (χ0n) is 16.4. The van der Waals surface area contributed by atoms with Crippen LogP contribution >= 0.6 is 34.7 Å². The van der Waals surface area contributed by atoms with Crippen LogP contribution in [0.15, 0.2) is 47.4 Å². The van der Waals surface area contributed by atoms with E-state index in [2.05, 4.69) is 15.4 Å². The highest BCUT2D eigenvalue weighted by atomic mass is 35.5. The van der Waals surface area contributed by atoms with Gasteiger partial charge in [0.05, 0.1) is 15.9 Å². The van der Waals surface area contributed by atoms with E-state index >= 15 is 0 Å². The number of ether oxygens (including phenoxy) is 2. The largest absolute Gasteiger partial charge is 0.454 e. The molecule has 1 N–H and O–H groups in total. The van der Waals surface area contributed by atoms with E-state index in [4.69, 9.17) is 21.1 Å². The first kappa shape index (κ1) is 20.2. The lowest BCUT2D eigenvalue weighted by molar-refractivity contribution is -0.115. The van der Waals surface area contributed by atoms with Crippen molar-refractivity contribution < 1.29 is 14.3 Å². The van der Waals surface area contributed by atoms with Gasteiger partial charge in [-0.3, -0.25) is 4.79 Å². The SMILES string of the molecule is Cc1cc(NC(=O)CCSc2ccc(Cl)cc2)n(-c2nc3cc4c(cc3s2)OCO4)n1. The maximum atomic E-state index is 12.5. The van der Waals surface area contributed by atoms with Crippen molar-refractivity contribution in [1.29, 1.82) is 0 Å². The van der Waals surface area contributed by atoms with Crippen molar-refractivity contribution in [3.8, 4) is 16.6 Å². The Morgan fingerprint density at radius 3 is 2.81 bits per heavy atom. The Hall–Kier alpha value is -2.75. The second kappa shape index (κ2) is 8.41. The Labute approximate surface area is 191 Å². The molecule has 0 bridgehead atoms. The van der Waals surface area contributed by atoms with Crippen molar-refractivity contribution in [2.75, 3.05) is 17.9 Å². The number of amides is 1. The number of halogens is 1. The monoisotopic (exact) mass is 472 g/mol. The van der Waals surface area contributed by atoms with Crippen molar-refractivity contribution in [3.63, 3.8) is 0 Å². The van der Waals surface area contributed by atoms with Crippen LogP contribution in [0.5, 0.6) is 11.5 Å². The number of hydrogen-bond acceptors (Lipinski definition) is 7. The minimum Gasteiger partial charge on any atom is -0.454 e. The van der Waals surface area contributed by atoms with Crippen LogP contribution < -0.4 is 14.8 Å². The number of thioether (sulfide) groups is 1. The summed E-state index contributed by atoms with van der Waals surface area (Å²) in [5, 5.41) is 8.84. The molecule has 31 heavy (non-hydrogen) atoms. The molecule has 2 aromatic carbocycles. The summed E-state index contributed by atoms with van der Waals surface area (Å²) in [6.07, 6.45) is 0.374. The van der Waals surface area contributed by atoms with Crippen LogP contribution in [-0.4, -0.2) is 33.2 Å². The van der Waals surface area contributed by atoms with Gasteiger partial charge in [0.1, 0.15) is 5.82 Å². The second-order valence-corrected chi connectivity index (χ2v) is 9.47. The molecule has 158 valence electrons. The van der Waals surface area contributed by atoms with Gasteiger partial charge in [-0.05, 0) is 31.2 Å². The summed E-state index contributed by atoms with van der Waals surface area (Å²) in [6, 6.07) is 13.2. The normalized spacial score (nSPS) is 12.5. The van der Waals surface area contributed by atoms with Gasteiger partial charge < -0.3 is 14.8 Å². The number of benzene rings is 2. The summed E-state index contributed by atoms with van der Waals surface area (Å²) in [5.41, 5.74) is 1.59. The molecule has 0 spiro atoms. The number of nitrogens with zero attached hydrogens (tertiary/aromatic N) is 3. The zero-order valence-corrected chi connectivity index (χ0v) is 18.8. The number of rotatable bonds is 6. The Morgan fingerprint density at radius 1 is 1.23 bits per heavy atom. The van der Waals surface area contributed by atoms with E-state index in [1.165, 1.54) is 11.3 Å². The van der Waals surface area contributed by atoms with E-state index in [1.54, 1.807) is 16.4 Å². The Morgan fingerprint density at radius 2 is 2.00 bits per heavy atom. The Balaban J connectivity index is 1.29. The average molecular weight is 473 g/mol. The van der Waals surface area contributed by atoms with Crippen LogP contribution in [0.4, 0.5) is 5.82 Å². The molecule has 0 saturated heterocycles. The number of aryl methyl sites for hydroxylation is 1. The number of carbonyl (C=O) groups excluding carboxylic acids is 1. The van der Waals surface area contributed by atoms with Gasteiger partial charge in [0.25, 0.3) is 0 Å². The molecule has 5 rings (SSSR count). The van der Waals surface area contributed by atoms with Crippen molar-refractivity contribution in [1.82, 2.24) is 14.8 Å². The average Bonchev–Trinajstić information content (AvgIpc) is 3.45. The minimum absolute atomic E-state index is 0.0792. The molecular formula is C21H17ClN4O3S2. The molecule has 0 saturated carbocycles. The van der Waals surface area contributed by atoms with Gasteiger partial charge in [-0.25, -0.2) is 4.98 Å². The Bertz CT molecular complexity index is 1230. The first-order valence-corrected chi connectivity index (χ1v) is 11.7. The molecule has 7 nitrogen and oxygen atoms in total. The Kier molecular flexibility index (Phi) is 5.47. The maximum Gasteiger partial charge on any atom is 0.231 e. The quantitative estimate of drug-likeness (QED) is 0.384. The predicted molar refractivity (Wildman–Crippen MR) is 123 cm³/mol. The highest BCUT2D eigenvalue weighted by Crippen LogP contribution is 2.39. The van der Waals surface area contributed by atoms with Gasteiger partial charge in [0.15, 0.2) is 11.5 Å². The number of fused-ring (bicyclic) bond motifs is 2. The van der Waals surface area contributed by atoms with Crippen LogP contribution in [-0.2, 0) is 4.79 Å². The molecule has 0 radical (unpaired) electrons. The van der Waals surface area contributed by atoms with Crippen molar-refractivity contribution in [2.45, 2.75) is 18.2 Å². The lowest BCUT2D eigenvalue weighted by Crippen LogP contribution is -2.15. The van der Waals surface area contributed by atoms with Crippen LogP contribution in [0.25, 0.3) is 15.3 Å². The van der Waals surface area contributed by atoms with E-state index in [1.807, 2.05) is 49.4 Å². The van der Waals surface area contributed by atoms with Crippen LogP contribution in [0.3, 0.4) is 0 Å². The molecule has 1 aliphatic heterocycles. The number of aromatic nitrogens is 3. The van der Waals surface area contributed by atoms with E-state index in [0.29, 0.717) is 39.6 Å². The smallest absolute Gasteiger partial charge is 0.231 e. The highest BCUT2D eigenvalue weighted by molar-refractivity contribution is 7.99. The molecule has 3 heterocycles. The molecular weight excluding hydrogens is 456 g/mol. The molecule has 0 aliphatic carbocycles. The molecule has 4 aromatic rings. The fraction of sp³-hybridized carbons (Fsp3) is 0.190. The zero-order chi connectivity index (χ0) is 21.4. The van der Waals surface area contributed by atoms with Gasteiger partial charge in [-0.1, -0.05) is 22.9 Å². The summed E-state index contributed by atoms with van der Waals surface area (Å²) in [6.45, 7) is 2.11. The first-order valence-electron chi connectivity index (χ1n) is 9.50. The topological polar surface area (TPSA) is 78.3 Å². The lowest BCUT2D eigenvalue weighted by atomic mass is 10.3. The predicted octanol–water partition coefficient (Wildman–Crippen LogP) is 5.29. The van der Waals surface area contributed by atoms with Gasteiger partial charge in [0.2, 0.25) is 17.8 Å². The van der Waals surface area contributed by atoms with Gasteiger partial charge in [0, 0.05) is 40.3 Å². The molecule has 1 aliphatic rings. The number of nitrogens with one attached hydrogen (secondary N) is 1. The van der Waals surface area contributed by atoms with Gasteiger partial charge in [-0.2, -0.15) is 9.78 Å². The molecule has 0 unspecified atom stereocenters. The third kappa shape index (κ3) is 4.34.